The number of benzene rings is 5. The lowest BCUT2D eigenvalue weighted by atomic mass is 10.1. The molecule has 5 aromatic carbocycles. The molecule has 0 aliphatic rings. The summed E-state index contributed by atoms with van der Waals surface area (Å²) in [6, 6.07) is 44.3. The summed E-state index contributed by atoms with van der Waals surface area (Å²) in [6.45, 7) is 0. The van der Waals surface area contributed by atoms with Crippen LogP contribution >= 0.6 is 0 Å². The first-order valence-electron chi connectivity index (χ1n) is 15.0. The molecule has 0 atom stereocenters. The van der Waals surface area contributed by atoms with Gasteiger partial charge in [0.1, 0.15) is 17.7 Å². The summed E-state index contributed by atoms with van der Waals surface area (Å²) < 4.78 is 0. The van der Waals surface area contributed by atoms with Crippen molar-refractivity contribution in [2.75, 3.05) is 42.9 Å². The van der Waals surface area contributed by atoms with Crippen molar-refractivity contribution >= 4 is 34.5 Å². The molecule has 0 aromatic heterocycles. The standard InChI is InChI=1S/C42H33N5/c1-45(2)38-19-9-32(10-20-38)5-7-34-13-23-40(24-14-34)47(42-27-17-36(18-28-42)29-37(30-43)31-44)41-25-15-35(16-26-41)8-6-33-11-21-39(22-12-33)46(3)4/h9-29H,1-4H3. The zero-order valence-electron chi connectivity index (χ0n) is 26.9. The highest BCUT2D eigenvalue weighted by molar-refractivity contribution is 5.78. The number of nitriles is 2. The summed E-state index contributed by atoms with van der Waals surface area (Å²) in [5.74, 6) is 13.1. The highest BCUT2D eigenvalue weighted by Gasteiger charge is 2.12. The maximum absolute atomic E-state index is 9.17. The van der Waals surface area contributed by atoms with E-state index in [-0.39, 0.29) is 5.57 Å². The predicted molar refractivity (Wildman–Crippen MR) is 194 cm³/mol. The molecule has 0 spiro atoms. The molecule has 5 heteroatoms. The number of allylic oxidation sites excluding steroid dienone is 1. The summed E-state index contributed by atoms with van der Waals surface area (Å²) in [5.41, 5.74) is 9.70. The Balaban J connectivity index is 1.43. The van der Waals surface area contributed by atoms with E-state index in [1.54, 1.807) is 6.08 Å². The molecule has 5 nitrogen and oxygen atoms in total. The maximum Gasteiger partial charge on any atom is 0.130 e. The van der Waals surface area contributed by atoms with Gasteiger partial charge in [-0.1, -0.05) is 35.8 Å². The van der Waals surface area contributed by atoms with Crippen LogP contribution in [0.15, 0.2) is 127 Å². The third kappa shape index (κ3) is 8.29. The molecule has 0 bridgehead atoms. The smallest absolute Gasteiger partial charge is 0.130 e. The number of hydrogen-bond donors (Lipinski definition) is 0. The molecule has 5 rings (SSSR count). The second kappa shape index (κ2) is 14.9. The number of hydrogen-bond acceptors (Lipinski definition) is 5. The third-order valence-electron chi connectivity index (χ3n) is 7.42. The van der Waals surface area contributed by atoms with Gasteiger partial charge in [-0.25, -0.2) is 0 Å². The van der Waals surface area contributed by atoms with Crippen LogP contribution in [0.4, 0.5) is 28.4 Å². The Labute approximate surface area is 277 Å². The first-order valence-corrected chi connectivity index (χ1v) is 15.0. The van der Waals surface area contributed by atoms with E-state index in [9.17, 15) is 0 Å². The fraction of sp³-hybridized carbons (Fsp3) is 0.0952. The van der Waals surface area contributed by atoms with Gasteiger partial charge >= 0.3 is 0 Å². The predicted octanol–water partition coefficient (Wildman–Crippen LogP) is 8.52. The highest BCUT2D eigenvalue weighted by atomic mass is 15.1. The van der Waals surface area contributed by atoms with Crippen LogP contribution < -0.4 is 14.7 Å². The van der Waals surface area contributed by atoms with Gasteiger partial charge in [0.05, 0.1) is 0 Å². The van der Waals surface area contributed by atoms with E-state index in [0.29, 0.717) is 0 Å². The molecule has 0 radical (unpaired) electrons. The van der Waals surface area contributed by atoms with Crippen molar-refractivity contribution in [1.29, 1.82) is 10.5 Å². The quantitative estimate of drug-likeness (QED) is 0.143. The van der Waals surface area contributed by atoms with Crippen LogP contribution in [0.1, 0.15) is 27.8 Å². The zero-order valence-corrected chi connectivity index (χ0v) is 26.9. The summed E-state index contributed by atoms with van der Waals surface area (Å²) in [6.07, 6.45) is 1.58. The summed E-state index contributed by atoms with van der Waals surface area (Å²) >= 11 is 0. The average molecular weight is 608 g/mol. The van der Waals surface area contributed by atoms with Crippen molar-refractivity contribution in [2.45, 2.75) is 0 Å². The fourth-order valence-corrected chi connectivity index (χ4v) is 4.79. The van der Waals surface area contributed by atoms with Gasteiger partial charge in [-0.05, 0) is 121 Å². The van der Waals surface area contributed by atoms with Gasteiger partial charge in [0.25, 0.3) is 0 Å². The Kier molecular flexibility index (Phi) is 10.1. The molecule has 0 aliphatic carbocycles. The lowest BCUT2D eigenvalue weighted by Gasteiger charge is -2.25. The normalized spacial score (nSPS) is 9.74. The zero-order chi connectivity index (χ0) is 33.2. The molecule has 0 heterocycles. The minimum absolute atomic E-state index is 0.0605. The van der Waals surface area contributed by atoms with E-state index in [2.05, 4.69) is 86.9 Å². The SMILES string of the molecule is CN(C)c1ccc(C#Cc2ccc(N(c3ccc(C#Cc4ccc(N(C)C)cc4)cc3)c3ccc(C=C(C#N)C#N)cc3)cc2)cc1. The second-order valence-corrected chi connectivity index (χ2v) is 11.2. The molecular formula is C42H33N5. The van der Waals surface area contributed by atoms with Crippen molar-refractivity contribution < 1.29 is 0 Å². The molecular weight excluding hydrogens is 574 g/mol. The van der Waals surface area contributed by atoms with E-state index in [1.165, 1.54) is 0 Å². The Morgan fingerprint density at radius 3 is 0.979 bits per heavy atom. The fourth-order valence-electron chi connectivity index (χ4n) is 4.79. The highest BCUT2D eigenvalue weighted by Crippen LogP contribution is 2.35. The third-order valence-corrected chi connectivity index (χ3v) is 7.42. The van der Waals surface area contributed by atoms with E-state index in [1.807, 2.05) is 113 Å². The van der Waals surface area contributed by atoms with Gasteiger partial charge in [0, 0.05) is 78.9 Å². The number of nitrogens with zero attached hydrogens (tertiary/aromatic N) is 5. The van der Waals surface area contributed by atoms with Crippen molar-refractivity contribution in [3.8, 4) is 35.8 Å². The lowest BCUT2D eigenvalue weighted by molar-refractivity contribution is 1.13. The Bertz CT molecular complexity index is 1940. The number of rotatable bonds is 6. The van der Waals surface area contributed by atoms with Crippen LogP contribution in [-0.4, -0.2) is 28.2 Å². The minimum atomic E-state index is 0.0605. The summed E-state index contributed by atoms with van der Waals surface area (Å²) in [5, 5.41) is 18.3. The molecule has 0 saturated heterocycles. The largest absolute Gasteiger partial charge is 0.378 e. The minimum Gasteiger partial charge on any atom is -0.378 e. The second-order valence-electron chi connectivity index (χ2n) is 11.2. The average Bonchev–Trinajstić information content (AvgIpc) is 3.11. The van der Waals surface area contributed by atoms with Crippen LogP contribution in [0.25, 0.3) is 6.08 Å². The summed E-state index contributed by atoms with van der Waals surface area (Å²) in [4.78, 5) is 6.28. The lowest BCUT2D eigenvalue weighted by Crippen LogP contribution is -2.09. The van der Waals surface area contributed by atoms with E-state index < -0.39 is 0 Å². The van der Waals surface area contributed by atoms with E-state index in [4.69, 9.17) is 10.5 Å². The molecule has 0 unspecified atom stereocenters. The molecule has 226 valence electrons. The van der Waals surface area contributed by atoms with Crippen molar-refractivity contribution in [3.63, 3.8) is 0 Å². The first-order chi connectivity index (χ1) is 22.8. The van der Waals surface area contributed by atoms with Crippen LogP contribution in [0.2, 0.25) is 0 Å². The van der Waals surface area contributed by atoms with Crippen molar-refractivity contribution in [3.05, 3.63) is 155 Å². The van der Waals surface area contributed by atoms with Gasteiger partial charge in [-0.3, -0.25) is 0 Å². The van der Waals surface area contributed by atoms with Crippen molar-refractivity contribution in [2.24, 2.45) is 0 Å². The molecule has 0 saturated carbocycles. The monoisotopic (exact) mass is 607 g/mol. The molecule has 0 N–H and O–H groups in total. The van der Waals surface area contributed by atoms with E-state index >= 15 is 0 Å². The Morgan fingerprint density at radius 1 is 0.426 bits per heavy atom. The van der Waals surface area contributed by atoms with Crippen molar-refractivity contribution in [1.82, 2.24) is 0 Å². The van der Waals surface area contributed by atoms with Gasteiger partial charge in [-0.2, -0.15) is 10.5 Å². The molecule has 47 heavy (non-hydrogen) atoms. The topological polar surface area (TPSA) is 57.3 Å². The van der Waals surface area contributed by atoms with Crippen LogP contribution in [-0.2, 0) is 0 Å². The van der Waals surface area contributed by atoms with Gasteiger partial charge in [0.2, 0.25) is 0 Å². The molecule has 0 aliphatic heterocycles. The molecule has 5 aromatic rings. The maximum atomic E-state index is 9.17. The Hall–Kier alpha value is -6.66. The van der Waals surface area contributed by atoms with Gasteiger partial charge in [0.15, 0.2) is 0 Å². The van der Waals surface area contributed by atoms with Crippen LogP contribution in [0.3, 0.4) is 0 Å². The molecule has 0 amide bonds. The molecule has 0 fully saturated rings. The summed E-state index contributed by atoms with van der Waals surface area (Å²) in [7, 11) is 8.08. The van der Waals surface area contributed by atoms with Crippen LogP contribution in [0, 0.1) is 46.3 Å². The van der Waals surface area contributed by atoms with E-state index in [0.717, 1.165) is 56.3 Å². The number of anilines is 5. The first kappa shape index (κ1) is 31.8. The van der Waals surface area contributed by atoms with Gasteiger partial charge in [-0.15, -0.1) is 0 Å². The Morgan fingerprint density at radius 2 is 0.702 bits per heavy atom. The van der Waals surface area contributed by atoms with Crippen LogP contribution in [0.5, 0.6) is 0 Å². The van der Waals surface area contributed by atoms with Gasteiger partial charge < -0.3 is 14.7 Å².